The number of phosphoric ester groups is 1. The lowest BCUT2D eigenvalue weighted by Gasteiger charge is -2.28. The summed E-state index contributed by atoms with van der Waals surface area (Å²) in [6.45, 7) is 4.16. The molecule has 0 heterocycles. The van der Waals surface area contributed by atoms with Gasteiger partial charge in [-0.1, -0.05) is 122 Å². The Morgan fingerprint density at radius 2 is 1.09 bits per heavy atom. The highest BCUT2D eigenvalue weighted by Gasteiger charge is 2.21. The average Bonchev–Trinajstić information content (AvgIpc) is 3.01. The number of carbonyl (C=O) groups excluding carboxylic acids is 2. The van der Waals surface area contributed by atoms with E-state index in [-0.39, 0.29) is 26.1 Å². The van der Waals surface area contributed by atoms with Crippen molar-refractivity contribution in [3.63, 3.8) is 0 Å². The van der Waals surface area contributed by atoms with Crippen LogP contribution in [0.1, 0.15) is 162 Å². The van der Waals surface area contributed by atoms with Crippen LogP contribution < -0.4 is 4.89 Å². The maximum Gasteiger partial charge on any atom is 0.306 e. The van der Waals surface area contributed by atoms with Gasteiger partial charge in [0.05, 0.1) is 27.7 Å². The van der Waals surface area contributed by atoms with Gasteiger partial charge in [0, 0.05) is 12.8 Å². The summed E-state index contributed by atoms with van der Waals surface area (Å²) >= 11 is 0. The van der Waals surface area contributed by atoms with Crippen LogP contribution in [0.4, 0.5) is 0 Å². The summed E-state index contributed by atoms with van der Waals surface area (Å²) in [5.41, 5.74) is 0. The Morgan fingerprint density at radius 3 is 1.62 bits per heavy atom. The summed E-state index contributed by atoms with van der Waals surface area (Å²) in [7, 11) is 1.16. The van der Waals surface area contributed by atoms with Crippen LogP contribution in [0.2, 0.25) is 0 Å². The minimum atomic E-state index is -4.61. The normalized spacial score (nSPS) is 13.9. The molecule has 0 amide bonds. The fourth-order valence-corrected chi connectivity index (χ4v) is 5.73. The summed E-state index contributed by atoms with van der Waals surface area (Å²) in [6.07, 6.45) is 28.3. The third-order valence-corrected chi connectivity index (χ3v) is 9.00. The Morgan fingerprint density at radius 1 is 0.638 bits per heavy atom. The molecule has 0 aliphatic heterocycles. The van der Waals surface area contributed by atoms with Crippen molar-refractivity contribution >= 4 is 19.8 Å². The van der Waals surface area contributed by atoms with Crippen molar-refractivity contribution in [3.8, 4) is 0 Å². The molecule has 0 saturated carbocycles. The largest absolute Gasteiger partial charge is 0.756 e. The second kappa shape index (κ2) is 30.8. The topological polar surface area (TPSA) is 111 Å². The molecule has 0 aliphatic rings. The van der Waals surface area contributed by atoms with E-state index in [1.165, 1.54) is 83.5 Å². The molecular weight excluding hydrogens is 617 g/mol. The lowest BCUT2D eigenvalue weighted by atomic mass is 10.1. The van der Waals surface area contributed by atoms with E-state index >= 15 is 0 Å². The molecule has 0 rings (SSSR count). The zero-order chi connectivity index (χ0) is 35.1. The van der Waals surface area contributed by atoms with Crippen molar-refractivity contribution in [2.24, 2.45) is 0 Å². The van der Waals surface area contributed by atoms with Crippen LogP contribution in [0, 0.1) is 0 Å². The van der Waals surface area contributed by atoms with Gasteiger partial charge in [-0.15, -0.1) is 0 Å². The molecule has 0 N–H and O–H groups in total. The molecule has 0 aromatic carbocycles. The molecule has 0 saturated heterocycles. The van der Waals surface area contributed by atoms with Crippen LogP contribution in [-0.2, 0) is 32.7 Å². The standard InChI is InChI=1S/C37H72NO8P/c1-6-8-10-12-14-16-17-18-19-20-21-22-24-25-27-29-36(39)43-33-35(34-45-47(41,42)44-32-31-38(3,4)5)46-37(40)30-28-26-23-15-13-11-9-7-2/h21-22,35H,6-20,23-34H2,1-5H3/b22-21+/t35-/m0/s1. The smallest absolute Gasteiger partial charge is 0.306 e. The fourth-order valence-electron chi connectivity index (χ4n) is 5.00. The van der Waals surface area contributed by atoms with Gasteiger partial charge in [0.1, 0.15) is 19.8 Å². The summed E-state index contributed by atoms with van der Waals surface area (Å²) < 4.78 is 33.6. The van der Waals surface area contributed by atoms with Gasteiger partial charge < -0.3 is 27.9 Å². The number of ether oxygens (including phenoxy) is 2. The lowest BCUT2D eigenvalue weighted by molar-refractivity contribution is -0.870. The molecule has 0 aliphatic carbocycles. The first-order valence-corrected chi connectivity index (χ1v) is 20.4. The molecule has 0 spiro atoms. The van der Waals surface area contributed by atoms with Gasteiger partial charge in [-0.25, -0.2) is 0 Å². The first kappa shape index (κ1) is 45.8. The van der Waals surface area contributed by atoms with Crippen LogP contribution in [0.15, 0.2) is 12.2 Å². The fraction of sp³-hybridized carbons (Fsp3) is 0.892. The Kier molecular flexibility index (Phi) is 30.0. The average molecular weight is 690 g/mol. The second-order valence-electron chi connectivity index (χ2n) is 13.9. The van der Waals surface area contributed by atoms with Crippen molar-refractivity contribution < 1.29 is 42.1 Å². The third-order valence-electron chi connectivity index (χ3n) is 8.04. The van der Waals surface area contributed by atoms with Gasteiger partial charge in [-0.05, 0) is 38.5 Å². The maximum atomic E-state index is 12.5. The van der Waals surface area contributed by atoms with Gasteiger partial charge in [-0.3, -0.25) is 14.2 Å². The molecule has 2 atom stereocenters. The monoisotopic (exact) mass is 689 g/mol. The van der Waals surface area contributed by atoms with Gasteiger partial charge in [0.25, 0.3) is 7.82 Å². The minimum Gasteiger partial charge on any atom is -0.756 e. The molecule has 10 heteroatoms. The maximum absolute atomic E-state index is 12.5. The highest BCUT2D eigenvalue weighted by atomic mass is 31.2. The Balaban J connectivity index is 4.40. The molecule has 278 valence electrons. The van der Waals surface area contributed by atoms with E-state index in [9.17, 15) is 19.0 Å². The van der Waals surface area contributed by atoms with Crippen LogP contribution >= 0.6 is 7.82 Å². The molecule has 0 fully saturated rings. The number of unbranched alkanes of at least 4 members (excludes halogenated alkanes) is 18. The Labute approximate surface area is 288 Å². The number of phosphoric acid groups is 1. The summed E-state index contributed by atoms with van der Waals surface area (Å²) in [5, 5.41) is 0. The molecule has 1 unspecified atom stereocenters. The number of allylic oxidation sites excluding steroid dienone is 2. The first-order valence-electron chi connectivity index (χ1n) is 18.9. The van der Waals surface area contributed by atoms with Crippen molar-refractivity contribution in [2.45, 2.75) is 168 Å². The van der Waals surface area contributed by atoms with Crippen LogP contribution in [0.25, 0.3) is 0 Å². The number of nitrogens with zero attached hydrogens (tertiary/aromatic N) is 1. The van der Waals surface area contributed by atoms with Gasteiger partial charge >= 0.3 is 11.9 Å². The van der Waals surface area contributed by atoms with Gasteiger partial charge in [0.15, 0.2) is 6.10 Å². The van der Waals surface area contributed by atoms with E-state index in [4.69, 9.17) is 18.5 Å². The molecule has 9 nitrogen and oxygen atoms in total. The first-order chi connectivity index (χ1) is 22.5. The zero-order valence-electron chi connectivity index (χ0n) is 31.0. The second-order valence-corrected chi connectivity index (χ2v) is 15.4. The molecule has 47 heavy (non-hydrogen) atoms. The summed E-state index contributed by atoms with van der Waals surface area (Å²) in [6, 6.07) is 0. The number of likely N-dealkylation sites (N-methyl/N-ethyl adjacent to an activating group) is 1. The summed E-state index contributed by atoms with van der Waals surface area (Å²) in [4.78, 5) is 37.2. The number of hydrogen-bond donors (Lipinski definition) is 0. The zero-order valence-corrected chi connectivity index (χ0v) is 31.9. The SMILES string of the molecule is CCCCCCCCCCC/C=C/CCCCC(=O)OC[C@@H](COP(=O)([O-])OCC[N+](C)(C)C)OC(=O)CCCCCCCCCC. The summed E-state index contributed by atoms with van der Waals surface area (Å²) in [5.74, 6) is -0.862. The minimum absolute atomic E-state index is 0.0311. The molecule has 0 aromatic rings. The van der Waals surface area contributed by atoms with Crippen molar-refractivity contribution in [2.75, 3.05) is 47.5 Å². The Hall–Kier alpha value is -1.25. The van der Waals surface area contributed by atoms with Crippen LogP contribution in [-0.4, -0.2) is 70.0 Å². The van der Waals surface area contributed by atoms with E-state index in [1.807, 2.05) is 21.1 Å². The number of carbonyl (C=O) groups is 2. The van der Waals surface area contributed by atoms with Gasteiger partial charge in [0.2, 0.25) is 0 Å². The Bertz CT molecular complexity index is 830. The van der Waals surface area contributed by atoms with E-state index in [0.29, 0.717) is 23.9 Å². The third kappa shape index (κ3) is 34.4. The van der Waals surface area contributed by atoms with E-state index in [1.54, 1.807) is 0 Å². The number of rotatable bonds is 34. The molecule has 0 bridgehead atoms. The number of hydrogen-bond acceptors (Lipinski definition) is 8. The van der Waals surface area contributed by atoms with Gasteiger partial charge in [-0.2, -0.15) is 0 Å². The number of esters is 2. The van der Waals surface area contributed by atoms with Crippen molar-refractivity contribution in [1.82, 2.24) is 0 Å². The number of quaternary nitrogens is 1. The van der Waals surface area contributed by atoms with Crippen molar-refractivity contribution in [3.05, 3.63) is 12.2 Å². The molecule has 0 aromatic heterocycles. The quantitative estimate of drug-likeness (QED) is 0.0216. The van der Waals surface area contributed by atoms with E-state index in [0.717, 1.165) is 38.5 Å². The molecular formula is C37H72NO8P. The highest BCUT2D eigenvalue weighted by Crippen LogP contribution is 2.38. The van der Waals surface area contributed by atoms with Crippen LogP contribution in [0.3, 0.4) is 0 Å². The van der Waals surface area contributed by atoms with E-state index in [2.05, 4.69) is 26.0 Å². The van der Waals surface area contributed by atoms with Crippen LogP contribution in [0.5, 0.6) is 0 Å². The molecule has 0 radical (unpaired) electrons. The predicted octanol–water partition coefficient (Wildman–Crippen LogP) is 9.22. The van der Waals surface area contributed by atoms with E-state index < -0.39 is 32.5 Å². The lowest BCUT2D eigenvalue weighted by Crippen LogP contribution is -2.37. The highest BCUT2D eigenvalue weighted by molar-refractivity contribution is 7.45. The van der Waals surface area contributed by atoms with Crippen molar-refractivity contribution in [1.29, 1.82) is 0 Å². The predicted molar refractivity (Wildman–Crippen MR) is 190 cm³/mol.